The third-order valence-corrected chi connectivity index (χ3v) is 6.48. The number of thioether (sulfide) groups is 1. The molecule has 2 fully saturated rings. The van der Waals surface area contributed by atoms with Crippen molar-refractivity contribution >= 4 is 28.3 Å². The van der Waals surface area contributed by atoms with Crippen LogP contribution in [0.1, 0.15) is 51.5 Å². The van der Waals surface area contributed by atoms with Gasteiger partial charge in [0, 0.05) is 30.5 Å². The number of hydrogen-bond acceptors (Lipinski definition) is 4. The lowest BCUT2D eigenvalue weighted by Gasteiger charge is -2.35. The molecule has 0 N–H and O–H groups in total. The van der Waals surface area contributed by atoms with Crippen LogP contribution < -0.4 is 0 Å². The first-order chi connectivity index (χ1) is 12.5. The van der Waals surface area contributed by atoms with Gasteiger partial charge in [0.15, 0.2) is 5.17 Å². The number of nitro groups is 1. The normalized spacial score (nSPS) is 23.2. The molecule has 0 unspecified atom stereocenters. The van der Waals surface area contributed by atoms with Crippen LogP contribution >= 0.6 is 11.8 Å². The van der Waals surface area contributed by atoms with Gasteiger partial charge in [-0.25, -0.2) is 4.99 Å². The van der Waals surface area contributed by atoms with E-state index in [2.05, 4.69) is 18.7 Å². The number of amidine groups is 1. The fourth-order valence-electron chi connectivity index (χ4n) is 4.07. The van der Waals surface area contributed by atoms with Gasteiger partial charge in [-0.2, -0.15) is 0 Å². The zero-order chi connectivity index (χ0) is 18.7. The minimum absolute atomic E-state index is 0.129. The second kappa shape index (κ2) is 8.42. The number of aryl methyl sites for hydroxylation is 1. The Morgan fingerprint density at radius 2 is 2.04 bits per heavy atom. The van der Waals surface area contributed by atoms with E-state index in [-0.39, 0.29) is 10.6 Å². The molecule has 3 rings (SSSR count). The lowest BCUT2D eigenvalue weighted by molar-refractivity contribution is -0.384. The molecule has 1 saturated heterocycles. The maximum atomic E-state index is 11.0. The largest absolute Gasteiger partial charge is 0.347 e. The van der Waals surface area contributed by atoms with Gasteiger partial charge in [-0.3, -0.25) is 10.1 Å². The summed E-state index contributed by atoms with van der Waals surface area (Å²) in [5, 5.41) is 12.0. The van der Waals surface area contributed by atoms with Crippen LogP contribution in [-0.2, 0) is 0 Å². The van der Waals surface area contributed by atoms with Crippen LogP contribution in [0.5, 0.6) is 0 Å². The molecule has 0 radical (unpaired) electrons. The summed E-state index contributed by atoms with van der Waals surface area (Å²) in [6.07, 6.45) is 6.77. The van der Waals surface area contributed by atoms with Crippen LogP contribution in [0.3, 0.4) is 0 Å². The van der Waals surface area contributed by atoms with E-state index in [9.17, 15) is 10.1 Å². The summed E-state index contributed by atoms with van der Waals surface area (Å²) in [5.74, 6) is 2.48. The molecule has 0 amide bonds. The molecule has 1 saturated carbocycles. The van der Waals surface area contributed by atoms with Crippen molar-refractivity contribution in [1.29, 1.82) is 0 Å². The van der Waals surface area contributed by atoms with E-state index in [1.807, 2.05) is 18.7 Å². The lowest BCUT2D eigenvalue weighted by Crippen LogP contribution is -2.42. The number of hydrogen-bond donors (Lipinski definition) is 0. The smallest absolute Gasteiger partial charge is 0.269 e. The molecule has 1 aromatic rings. The molecule has 1 aliphatic heterocycles. The van der Waals surface area contributed by atoms with Crippen molar-refractivity contribution in [1.82, 2.24) is 4.90 Å². The van der Waals surface area contributed by atoms with E-state index in [0.29, 0.717) is 12.0 Å². The summed E-state index contributed by atoms with van der Waals surface area (Å²) < 4.78 is 0. The van der Waals surface area contributed by atoms with Gasteiger partial charge in [0.2, 0.25) is 0 Å². The second-order valence-electron chi connectivity index (χ2n) is 7.94. The molecular formula is C20H29N3O2S. The minimum atomic E-state index is -0.349. The van der Waals surface area contributed by atoms with E-state index in [1.165, 1.54) is 32.1 Å². The van der Waals surface area contributed by atoms with Crippen molar-refractivity contribution in [2.24, 2.45) is 16.8 Å². The molecule has 142 valence electrons. The minimum Gasteiger partial charge on any atom is -0.347 e. The number of nitrogens with zero attached hydrogens (tertiary/aromatic N) is 3. The third kappa shape index (κ3) is 4.40. The van der Waals surface area contributed by atoms with Gasteiger partial charge < -0.3 is 4.90 Å². The maximum Gasteiger partial charge on any atom is 0.269 e. The SMILES string of the molecule is Cc1cc([N+](=O)[O-])ccc1N=C1SC[C@H](C2CCCCC2)N1CC(C)C. The van der Waals surface area contributed by atoms with Gasteiger partial charge in [-0.05, 0) is 43.2 Å². The molecule has 2 aliphatic rings. The predicted octanol–water partition coefficient (Wildman–Crippen LogP) is 5.54. The molecule has 1 aromatic carbocycles. The Hall–Kier alpha value is -1.56. The van der Waals surface area contributed by atoms with Gasteiger partial charge in [0.05, 0.1) is 10.6 Å². The van der Waals surface area contributed by atoms with Crippen LogP contribution in [0.4, 0.5) is 11.4 Å². The van der Waals surface area contributed by atoms with Crippen molar-refractivity contribution < 1.29 is 4.92 Å². The molecule has 0 aromatic heterocycles. The number of benzene rings is 1. The molecule has 26 heavy (non-hydrogen) atoms. The first-order valence-electron chi connectivity index (χ1n) is 9.69. The van der Waals surface area contributed by atoms with E-state index >= 15 is 0 Å². The zero-order valence-corrected chi connectivity index (χ0v) is 16.8. The highest BCUT2D eigenvalue weighted by molar-refractivity contribution is 8.14. The Bertz CT molecular complexity index is 684. The number of non-ortho nitro benzene ring substituents is 1. The Kier molecular flexibility index (Phi) is 6.22. The Morgan fingerprint density at radius 3 is 2.65 bits per heavy atom. The molecule has 1 aliphatic carbocycles. The van der Waals surface area contributed by atoms with Crippen molar-refractivity contribution in [2.45, 2.75) is 58.9 Å². The summed E-state index contributed by atoms with van der Waals surface area (Å²) in [7, 11) is 0. The van der Waals surface area contributed by atoms with Gasteiger partial charge in [0.25, 0.3) is 5.69 Å². The summed E-state index contributed by atoms with van der Waals surface area (Å²) in [6, 6.07) is 5.53. The highest BCUT2D eigenvalue weighted by Gasteiger charge is 2.36. The summed E-state index contributed by atoms with van der Waals surface area (Å²) >= 11 is 1.85. The molecule has 5 nitrogen and oxygen atoms in total. The van der Waals surface area contributed by atoms with Crippen LogP contribution in [-0.4, -0.2) is 33.3 Å². The number of rotatable bonds is 5. The summed E-state index contributed by atoms with van der Waals surface area (Å²) in [4.78, 5) is 18.0. The lowest BCUT2D eigenvalue weighted by atomic mass is 9.84. The van der Waals surface area contributed by atoms with E-state index in [1.54, 1.807) is 18.2 Å². The van der Waals surface area contributed by atoms with E-state index in [0.717, 1.165) is 34.6 Å². The number of aliphatic imine (C=N–C) groups is 1. The highest BCUT2D eigenvalue weighted by atomic mass is 32.2. The summed E-state index contributed by atoms with van der Waals surface area (Å²) in [5.41, 5.74) is 1.83. The Labute approximate surface area is 160 Å². The third-order valence-electron chi connectivity index (χ3n) is 5.39. The van der Waals surface area contributed by atoms with Crippen molar-refractivity contribution in [2.75, 3.05) is 12.3 Å². The van der Waals surface area contributed by atoms with Crippen molar-refractivity contribution in [3.63, 3.8) is 0 Å². The fourth-order valence-corrected chi connectivity index (χ4v) is 5.38. The fraction of sp³-hybridized carbons (Fsp3) is 0.650. The quantitative estimate of drug-likeness (QED) is 0.500. The van der Waals surface area contributed by atoms with Crippen LogP contribution in [0.15, 0.2) is 23.2 Å². The first-order valence-corrected chi connectivity index (χ1v) is 10.7. The topological polar surface area (TPSA) is 58.7 Å². The first kappa shape index (κ1) is 19.2. The van der Waals surface area contributed by atoms with E-state index in [4.69, 9.17) is 4.99 Å². The van der Waals surface area contributed by atoms with Gasteiger partial charge in [-0.1, -0.05) is 44.9 Å². The van der Waals surface area contributed by atoms with Crippen molar-refractivity contribution in [3.8, 4) is 0 Å². The predicted molar refractivity (Wildman–Crippen MR) is 109 cm³/mol. The molecule has 1 atom stereocenters. The maximum absolute atomic E-state index is 11.0. The molecule has 6 heteroatoms. The summed E-state index contributed by atoms with van der Waals surface area (Å²) in [6.45, 7) is 7.45. The monoisotopic (exact) mass is 375 g/mol. The Morgan fingerprint density at radius 1 is 1.31 bits per heavy atom. The molecular weight excluding hydrogens is 346 g/mol. The average Bonchev–Trinajstić information content (AvgIpc) is 2.99. The molecule has 1 heterocycles. The number of nitro benzene ring substituents is 1. The van der Waals surface area contributed by atoms with Crippen LogP contribution in [0.25, 0.3) is 0 Å². The molecule has 0 bridgehead atoms. The van der Waals surface area contributed by atoms with E-state index < -0.39 is 0 Å². The highest BCUT2D eigenvalue weighted by Crippen LogP contribution is 2.38. The van der Waals surface area contributed by atoms with Crippen LogP contribution in [0.2, 0.25) is 0 Å². The van der Waals surface area contributed by atoms with Gasteiger partial charge in [0.1, 0.15) is 0 Å². The zero-order valence-electron chi connectivity index (χ0n) is 16.0. The van der Waals surface area contributed by atoms with Crippen molar-refractivity contribution in [3.05, 3.63) is 33.9 Å². The van der Waals surface area contributed by atoms with Crippen LogP contribution in [0, 0.1) is 28.9 Å². The van der Waals surface area contributed by atoms with Gasteiger partial charge >= 0.3 is 0 Å². The standard InChI is InChI=1S/C20H29N3O2S/c1-14(2)12-22-19(16-7-5-4-6-8-16)13-26-20(22)21-18-10-9-17(23(24)25)11-15(18)3/h9-11,14,16,19H,4-8,12-13H2,1-3H3/t19-/m1/s1. The van der Waals surface area contributed by atoms with Gasteiger partial charge in [-0.15, -0.1) is 0 Å². The Balaban J connectivity index is 1.85. The molecule has 0 spiro atoms. The average molecular weight is 376 g/mol. The second-order valence-corrected chi connectivity index (χ2v) is 8.93.